The highest BCUT2D eigenvalue weighted by Crippen LogP contribution is 2.36. The lowest BCUT2D eigenvalue weighted by atomic mass is 9.82. The van der Waals surface area contributed by atoms with Gasteiger partial charge < -0.3 is 10.1 Å². The topological polar surface area (TPSA) is 59.4 Å². The van der Waals surface area contributed by atoms with Crippen molar-refractivity contribution in [2.45, 2.75) is 76.5 Å². The summed E-state index contributed by atoms with van der Waals surface area (Å²) < 4.78 is 8.17. The predicted octanol–water partition coefficient (Wildman–Crippen LogP) is 4.25. The number of halogens is 1. The average molecular weight is 473 g/mol. The Morgan fingerprint density at radius 2 is 1.94 bits per heavy atom. The van der Waals surface area contributed by atoms with Crippen molar-refractivity contribution in [1.82, 2.24) is 20.0 Å². The summed E-state index contributed by atoms with van der Waals surface area (Å²) in [6.07, 6.45) is 5.95. The predicted molar refractivity (Wildman–Crippen MR) is 132 cm³/mol. The largest absolute Gasteiger partial charge is 0.375 e. The fourth-order valence-corrected chi connectivity index (χ4v) is 5.51. The molecule has 4 rings (SSSR count). The van der Waals surface area contributed by atoms with Crippen LogP contribution in [0.3, 0.4) is 0 Å². The molecule has 2 unspecified atom stereocenters. The minimum atomic E-state index is -0.0471. The Hall–Kier alpha value is -1.89. The first-order chi connectivity index (χ1) is 15.9. The molecule has 1 aliphatic heterocycles. The molecule has 6 nitrogen and oxygen atoms in total. The summed E-state index contributed by atoms with van der Waals surface area (Å²) in [5.74, 6) is 0.621. The van der Waals surface area contributed by atoms with Gasteiger partial charge in [-0.1, -0.05) is 23.7 Å². The quantitative estimate of drug-likeness (QED) is 0.654. The molecule has 0 radical (unpaired) electrons. The van der Waals surface area contributed by atoms with E-state index in [-0.39, 0.29) is 12.0 Å². The molecule has 1 amide bonds. The number of nitrogens with zero attached hydrogens (tertiary/aromatic N) is 3. The molecule has 2 aliphatic rings. The number of aromatic nitrogens is 2. The molecule has 0 bridgehead atoms. The zero-order chi connectivity index (χ0) is 23.4. The molecule has 1 N–H and O–H groups in total. The van der Waals surface area contributed by atoms with Crippen molar-refractivity contribution >= 4 is 17.5 Å². The fraction of sp³-hybridized carbons (Fsp3) is 0.615. The van der Waals surface area contributed by atoms with Gasteiger partial charge in [-0.25, -0.2) is 0 Å². The van der Waals surface area contributed by atoms with Crippen LogP contribution in [-0.4, -0.2) is 58.5 Å². The van der Waals surface area contributed by atoms with E-state index in [9.17, 15) is 4.79 Å². The van der Waals surface area contributed by atoms with Gasteiger partial charge in [-0.15, -0.1) is 0 Å². The zero-order valence-corrected chi connectivity index (χ0v) is 20.9. The third-order valence-electron chi connectivity index (χ3n) is 7.30. The number of nitrogens with one attached hydrogen (secondary N) is 1. The third-order valence-corrected chi connectivity index (χ3v) is 7.55. The first-order valence-electron chi connectivity index (χ1n) is 12.3. The monoisotopic (exact) mass is 472 g/mol. The van der Waals surface area contributed by atoms with Crippen molar-refractivity contribution in [3.8, 4) is 0 Å². The van der Waals surface area contributed by atoms with E-state index < -0.39 is 0 Å². The number of amides is 1. The Kier molecular flexibility index (Phi) is 8.10. The van der Waals surface area contributed by atoms with E-state index in [4.69, 9.17) is 21.4 Å². The van der Waals surface area contributed by atoms with Crippen LogP contribution in [0.1, 0.15) is 61.9 Å². The number of benzene rings is 1. The van der Waals surface area contributed by atoms with E-state index in [1.54, 1.807) is 0 Å². The first-order valence-corrected chi connectivity index (χ1v) is 12.7. The normalized spacial score (nSPS) is 26.3. The lowest BCUT2D eigenvalue weighted by molar-refractivity contribution is -0.129. The van der Waals surface area contributed by atoms with Crippen LogP contribution in [0.4, 0.5) is 0 Å². The highest BCUT2D eigenvalue weighted by atomic mass is 35.5. The van der Waals surface area contributed by atoms with E-state index >= 15 is 0 Å². The zero-order valence-electron chi connectivity index (χ0n) is 20.1. The second-order valence-corrected chi connectivity index (χ2v) is 10.1. The number of rotatable bonds is 7. The van der Waals surface area contributed by atoms with Crippen LogP contribution in [-0.2, 0) is 23.0 Å². The van der Waals surface area contributed by atoms with Crippen LogP contribution in [0.25, 0.3) is 0 Å². The summed E-state index contributed by atoms with van der Waals surface area (Å²) in [6.45, 7) is 6.20. The highest BCUT2D eigenvalue weighted by Gasteiger charge is 2.36. The molecule has 7 heteroatoms. The number of aryl methyl sites for hydroxylation is 2. The summed E-state index contributed by atoms with van der Waals surface area (Å²) >= 11 is 6.09. The number of carbonyl (C=O) groups is 1. The number of hydrogen-bond donors (Lipinski definition) is 1. The minimum Gasteiger partial charge on any atom is -0.375 e. The molecule has 1 aliphatic carbocycles. The molecule has 1 aromatic heterocycles. The summed E-state index contributed by atoms with van der Waals surface area (Å²) in [5, 5.41) is 8.42. The van der Waals surface area contributed by atoms with Gasteiger partial charge in [0, 0.05) is 48.9 Å². The Labute approximate surface area is 202 Å². The maximum absolute atomic E-state index is 12.2. The molecule has 2 atom stereocenters. The van der Waals surface area contributed by atoms with E-state index in [0.29, 0.717) is 37.6 Å². The SMILES string of the molecule is CCNC(=O)CC1CN(C2CCC(c3cc(C)n(C)n3)CC2)C(Cc2ccc(Cl)cc2)CO1. The number of ether oxygens (including phenoxy) is 1. The second-order valence-electron chi connectivity index (χ2n) is 9.63. The number of carbonyl (C=O) groups excluding carboxylic acids is 1. The van der Waals surface area contributed by atoms with Gasteiger partial charge in [0.15, 0.2) is 0 Å². The molecule has 2 fully saturated rings. The molecule has 0 spiro atoms. The molecular formula is C26H37ClN4O2. The van der Waals surface area contributed by atoms with Crippen LogP contribution in [0.2, 0.25) is 5.02 Å². The molecule has 2 heterocycles. The lowest BCUT2D eigenvalue weighted by Crippen LogP contribution is -2.56. The minimum absolute atomic E-state index is 0.0471. The van der Waals surface area contributed by atoms with Crippen LogP contribution in [0.5, 0.6) is 0 Å². The van der Waals surface area contributed by atoms with Crippen molar-refractivity contribution in [3.05, 3.63) is 52.3 Å². The average Bonchev–Trinajstić information content (AvgIpc) is 3.15. The maximum atomic E-state index is 12.2. The van der Waals surface area contributed by atoms with Crippen LogP contribution in [0.15, 0.2) is 30.3 Å². The fourth-order valence-electron chi connectivity index (χ4n) is 5.39. The van der Waals surface area contributed by atoms with E-state index in [1.807, 2.05) is 30.8 Å². The second kappa shape index (κ2) is 11.0. The van der Waals surface area contributed by atoms with Gasteiger partial charge in [-0.2, -0.15) is 5.10 Å². The van der Waals surface area contributed by atoms with Crippen molar-refractivity contribution < 1.29 is 9.53 Å². The first kappa shape index (κ1) is 24.2. The molecule has 1 saturated heterocycles. The Balaban J connectivity index is 1.43. The summed E-state index contributed by atoms with van der Waals surface area (Å²) in [6, 6.07) is 11.2. The molecule has 33 heavy (non-hydrogen) atoms. The Morgan fingerprint density at radius 3 is 2.58 bits per heavy atom. The van der Waals surface area contributed by atoms with E-state index in [0.717, 1.165) is 43.7 Å². The van der Waals surface area contributed by atoms with E-state index in [1.165, 1.54) is 17.0 Å². The lowest BCUT2D eigenvalue weighted by Gasteiger charge is -2.46. The number of hydrogen-bond acceptors (Lipinski definition) is 4. The van der Waals surface area contributed by atoms with Crippen molar-refractivity contribution in [2.24, 2.45) is 7.05 Å². The highest BCUT2D eigenvalue weighted by molar-refractivity contribution is 6.30. The Bertz CT molecular complexity index is 901. The van der Waals surface area contributed by atoms with Gasteiger partial charge in [0.2, 0.25) is 5.91 Å². The van der Waals surface area contributed by atoms with Gasteiger partial charge in [0.05, 0.1) is 24.8 Å². The maximum Gasteiger partial charge on any atom is 0.222 e. The smallest absolute Gasteiger partial charge is 0.222 e. The standard InChI is InChI=1S/C26H37ClN4O2/c1-4-28-26(32)15-24-16-31(23(17-33-24)14-19-5-9-21(27)10-6-19)22-11-7-20(8-12-22)25-13-18(2)30(3)29-25/h5-6,9-10,13,20,22-24H,4,7-8,11-12,14-17H2,1-3H3,(H,28,32). The van der Waals surface area contributed by atoms with Crippen LogP contribution >= 0.6 is 11.6 Å². The van der Waals surface area contributed by atoms with E-state index in [2.05, 4.69) is 35.3 Å². The molecular weight excluding hydrogens is 436 g/mol. The molecule has 1 aromatic carbocycles. The van der Waals surface area contributed by atoms with Gasteiger partial charge >= 0.3 is 0 Å². The van der Waals surface area contributed by atoms with Crippen LogP contribution < -0.4 is 5.32 Å². The van der Waals surface area contributed by atoms with Gasteiger partial charge in [0.25, 0.3) is 0 Å². The van der Waals surface area contributed by atoms with Crippen molar-refractivity contribution in [1.29, 1.82) is 0 Å². The van der Waals surface area contributed by atoms with Gasteiger partial charge in [0.1, 0.15) is 0 Å². The Morgan fingerprint density at radius 1 is 1.21 bits per heavy atom. The van der Waals surface area contributed by atoms with Crippen molar-refractivity contribution in [2.75, 3.05) is 19.7 Å². The van der Waals surface area contributed by atoms with Crippen molar-refractivity contribution in [3.63, 3.8) is 0 Å². The van der Waals surface area contributed by atoms with Gasteiger partial charge in [-0.3, -0.25) is 14.4 Å². The summed E-state index contributed by atoms with van der Waals surface area (Å²) in [4.78, 5) is 14.8. The van der Waals surface area contributed by atoms with Gasteiger partial charge in [-0.05, 0) is 69.7 Å². The molecule has 180 valence electrons. The van der Waals surface area contributed by atoms with Crippen LogP contribution in [0, 0.1) is 6.92 Å². The molecule has 2 aromatic rings. The third kappa shape index (κ3) is 6.17. The summed E-state index contributed by atoms with van der Waals surface area (Å²) in [7, 11) is 2.02. The molecule has 1 saturated carbocycles. The summed E-state index contributed by atoms with van der Waals surface area (Å²) in [5.41, 5.74) is 3.73. The number of morpholine rings is 1.